The zero-order chi connectivity index (χ0) is 16.6. The lowest BCUT2D eigenvalue weighted by atomic mass is 10.0. The number of ether oxygens (including phenoxy) is 1. The molecule has 0 saturated heterocycles. The van der Waals surface area contributed by atoms with Crippen LogP contribution in [-0.4, -0.2) is 21.1 Å². The molecule has 0 aromatic heterocycles. The second-order valence-electron chi connectivity index (χ2n) is 5.85. The van der Waals surface area contributed by atoms with E-state index in [-0.39, 0.29) is 6.04 Å². The van der Waals surface area contributed by atoms with Crippen LogP contribution in [-0.2, 0) is 16.4 Å². The lowest BCUT2D eigenvalue weighted by molar-refractivity contribution is 0.254. The Morgan fingerprint density at radius 1 is 1.17 bits per heavy atom. The first kappa shape index (κ1) is 16.5. The zero-order valence-corrected chi connectivity index (χ0v) is 15.4. The lowest BCUT2D eigenvalue weighted by Gasteiger charge is -2.26. The van der Waals surface area contributed by atoms with Crippen molar-refractivity contribution >= 4 is 26.0 Å². The van der Waals surface area contributed by atoms with E-state index in [1.54, 1.807) is 6.07 Å². The topological polar surface area (TPSA) is 55.4 Å². The molecule has 1 atom stereocenters. The second kappa shape index (κ2) is 6.26. The summed E-state index contributed by atoms with van der Waals surface area (Å²) in [6, 6.07) is 10.8. The molecule has 122 valence electrons. The molecule has 0 amide bonds. The van der Waals surface area contributed by atoms with Gasteiger partial charge in [-0.25, -0.2) is 13.1 Å². The lowest BCUT2D eigenvalue weighted by Crippen LogP contribution is -2.42. The van der Waals surface area contributed by atoms with Gasteiger partial charge in [-0.1, -0.05) is 33.6 Å². The number of benzene rings is 2. The Balaban J connectivity index is 1.82. The van der Waals surface area contributed by atoms with Crippen LogP contribution < -0.4 is 9.46 Å². The minimum absolute atomic E-state index is 0.275. The van der Waals surface area contributed by atoms with Crippen LogP contribution in [0.4, 0.5) is 0 Å². The Morgan fingerprint density at radius 3 is 2.70 bits per heavy atom. The molecule has 1 unspecified atom stereocenters. The van der Waals surface area contributed by atoms with Crippen molar-refractivity contribution in [3.63, 3.8) is 0 Å². The molecule has 2 aromatic carbocycles. The van der Waals surface area contributed by atoms with Gasteiger partial charge in [-0.3, -0.25) is 0 Å². The van der Waals surface area contributed by atoms with Crippen LogP contribution in [0.5, 0.6) is 5.75 Å². The van der Waals surface area contributed by atoms with Gasteiger partial charge in [-0.05, 0) is 55.7 Å². The standard InChI is InChI=1S/C17H18BrNO3S/c1-11-3-6-17(12(2)7-11)23(20,21)19-15-9-13-8-14(18)4-5-16(13)22-10-15/h3-8,15,19H,9-10H2,1-2H3. The second-order valence-corrected chi connectivity index (χ2v) is 8.45. The molecule has 0 saturated carbocycles. The van der Waals surface area contributed by atoms with Gasteiger partial charge >= 0.3 is 0 Å². The summed E-state index contributed by atoms with van der Waals surface area (Å²) in [5.41, 5.74) is 2.79. The number of halogens is 1. The molecular formula is C17H18BrNO3S. The van der Waals surface area contributed by atoms with E-state index >= 15 is 0 Å². The molecule has 4 nitrogen and oxygen atoms in total. The average Bonchev–Trinajstić information content (AvgIpc) is 2.45. The molecule has 1 aliphatic rings. The fraction of sp³-hybridized carbons (Fsp3) is 0.294. The highest BCUT2D eigenvalue weighted by molar-refractivity contribution is 9.10. The first-order valence-corrected chi connectivity index (χ1v) is 9.63. The van der Waals surface area contributed by atoms with Crippen molar-refractivity contribution in [3.05, 3.63) is 57.6 Å². The van der Waals surface area contributed by atoms with Crippen LogP contribution in [0, 0.1) is 13.8 Å². The SMILES string of the molecule is Cc1ccc(S(=O)(=O)NC2COc3ccc(Br)cc3C2)c(C)c1. The summed E-state index contributed by atoms with van der Waals surface area (Å²) in [7, 11) is -3.56. The van der Waals surface area contributed by atoms with Crippen molar-refractivity contribution in [1.82, 2.24) is 4.72 Å². The molecule has 0 fully saturated rings. The Morgan fingerprint density at radius 2 is 1.96 bits per heavy atom. The van der Waals surface area contributed by atoms with Gasteiger partial charge in [0.2, 0.25) is 10.0 Å². The van der Waals surface area contributed by atoms with Gasteiger partial charge in [0.05, 0.1) is 10.9 Å². The first-order valence-electron chi connectivity index (χ1n) is 7.36. The van der Waals surface area contributed by atoms with Crippen molar-refractivity contribution in [3.8, 4) is 5.75 Å². The summed E-state index contributed by atoms with van der Waals surface area (Å²) in [4.78, 5) is 0.322. The van der Waals surface area contributed by atoms with Crippen molar-refractivity contribution in [1.29, 1.82) is 0 Å². The van der Waals surface area contributed by atoms with Crippen LogP contribution in [0.25, 0.3) is 0 Å². The van der Waals surface area contributed by atoms with Crippen LogP contribution >= 0.6 is 15.9 Å². The third-order valence-corrected chi connectivity index (χ3v) is 6.04. The normalized spacial score (nSPS) is 17.4. The van der Waals surface area contributed by atoms with E-state index < -0.39 is 10.0 Å². The molecule has 3 rings (SSSR count). The number of aryl methyl sites for hydroxylation is 2. The molecule has 0 spiro atoms. The molecule has 0 aliphatic carbocycles. The van der Waals surface area contributed by atoms with Gasteiger partial charge in [-0.2, -0.15) is 0 Å². The molecule has 1 N–H and O–H groups in total. The van der Waals surface area contributed by atoms with E-state index in [9.17, 15) is 8.42 Å². The van der Waals surface area contributed by atoms with E-state index in [2.05, 4.69) is 20.7 Å². The summed E-state index contributed by atoms with van der Waals surface area (Å²) >= 11 is 3.43. The maximum atomic E-state index is 12.6. The molecule has 23 heavy (non-hydrogen) atoms. The smallest absolute Gasteiger partial charge is 0.241 e. The summed E-state index contributed by atoms with van der Waals surface area (Å²) in [5.74, 6) is 0.815. The summed E-state index contributed by atoms with van der Waals surface area (Å²) in [6.07, 6.45) is 0.610. The Hall–Kier alpha value is -1.37. The van der Waals surface area contributed by atoms with Crippen LogP contribution in [0.2, 0.25) is 0 Å². The predicted molar refractivity (Wildman–Crippen MR) is 93.4 cm³/mol. The quantitative estimate of drug-likeness (QED) is 0.866. The number of hydrogen-bond donors (Lipinski definition) is 1. The third kappa shape index (κ3) is 3.59. The van der Waals surface area contributed by atoms with Crippen molar-refractivity contribution in [2.75, 3.05) is 6.61 Å². The number of nitrogens with one attached hydrogen (secondary N) is 1. The van der Waals surface area contributed by atoms with E-state index in [4.69, 9.17) is 4.74 Å². The molecule has 1 aliphatic heterocycles. The minimum atomic E-state index is -3.56. The fourth-order valence-corrected chi connectivity index (χ4v) is 4.68. The Labute approximate surface area is 145 Å². The van der Waals surface area contributed by atoms with E-state index in [1.165, 1.54) is 0 Å². The molecule has 2 aromatic rings. The van der Waals surface area contributed by atoms with Gasteiger partial charge < -0.3 is 4.74 Å². The molecular weight excluding hydrogens is 378 g/mol. The maximum absolute atomic E-state index is 12.6. The van der Waals surface area contributed by atoms with Gasteiger partial charge in [0.25, 0.3) is 0 Å². The van der Waals surface area contributed by atoms with Crippen molar-refractivity contribution < 1.29 is 13.2 Å². The monoisotopic (exact) mass is 395 g/mol. The highest BCUT2D eigenvalue weighted by Gasteiger charge is 2.26. The summed E-state index contributed by atoms with van der Waals surface area (Å²) in [6.45, 7) is 4.09. The number of hydrogen-bond acceptors (Lipinski definition) is 3. The predicted octanol–water partition coefficient (Wildman–Crippen LogP) is 3.35. The summed E-state index contributed by atoms with van der Waals surface area (Å²) < 4.78 is 34.7. The van der Waals surface area contributed by atoms with Crippen LogP contribution in [0.3, 0.4) is 0 Å². The Kier molecular flexibility index (Phi) is 4.49. The van der Waals surface area contributed by atoms with Gasteiger partial charge in [-0.15, -0.1) is 0 Å². The van der Waals surface area contributed by atoms with Crippen LogP contribution in [0.15, 0.2) is 45.8 Å². The first-order chi connectivity index (χ1) is 10.8. The minimum Gasteiger partial charge on any atom is -0.492 e. The molecule has 0 bridgehead atoms. The number of rotatable bonds is 3. The number of fused-ring (bicyclic) bond motifs is 1. The molecule has 1 heterocycles. The Bertz CT molecular complexity index is 849. The summed E-state index contributed by atoms with van der Waals surface area (Å²) in [5, 5.41) is 0. The van der Waals surface area contributed by atoms with E-state index in [0.29, 0.717) is 17.9 Å². The molecule has 6 heteroatoms. The van der Waals surface area contributed by atoms with E-state index in [0.717, 1.165) is 26.9 Å². The van der Waals surface area contributed by atoms with Gasteiger partial charge in [0, 0.05) is 4.47 Å². The maximum Gasteiger partial charge on any atom is 0.241 e. The highest BCUT2D eigenvalue weighted by Crippen LogP contribution is 2.28. The zero-order valence-electron chi connectivity index (χ0n) is 13.0. The van der Waals surface area contributed by atoms with Crippen molar-refractivity contribution in [2.24, 2.45) is 0 Å². The third-order valence-electron chi connectivity index (χ3n) is 3.87. The van der Waals surface area contributed by atoms with Gasteiger partial charge in [0.15, 0.2) is 0 Å². The van der Waals surface area contributed by atoms with Crippen molar-refractivity contribution in [2.45, 2.75) is 31.2 Å². The largest absolute Gasteiger partial charge is 0.492 e. The number of sulfonamides is 1. The van der Waals surface area contributed by atoms with Gasteiger partial charge in [0.1, 0.15) is 12.4 Å². The highest BCUT2D eigenvalue weighted by atomic mass is 79.9. The fourth-order valence-electron chi connectivity index (χ4n) is 2.82. The molecule has 0 radical (unpaired) electrons. The van der Waals surface area contributed by atoms with Crippen LogP contribution in [0.1, 0.15) is 16.7 Å². The average molecular weight is 396 g/mol. The van der Waals surface area contributed by atoms with E-state index in [1.807, 2.05) is 44.2 Å².